The van der Waals surface area contributed by atoms with E-state index in [4.69, 9.17) is 0 Å². The van der Waals surface area contributed by atoms with E-state index in [1.54, 1.807) is 19.3 Å². The Morgan fingerprint density at radius 3 is 2.67 bits per heavy atom. The van der Waals surface area contributed by atoms with Gasteiger partial charge in [0.2, 0.25) is 0 Å². The third-order valence-electron chi connectivity index (χ3n) is 2.83. The van der Waals surface area contributed by atoms with Gasteiger partial charge in [-0.2, -0.15) is 0 Å². The van der Waals surface area contributed by atoms with Gasteiger partial charge in [-0.1, -0.05) is 20.8 Å². The Labute approximate surface area is 136 Å². The van der Waals surface area contributed by atoms with Gasteiger partial charge in [-0.25, -0.2) is 9.97 Å². The number of nitrogens with one attached hydrogen (secondary N) is 2. The molecule has 7 heteroatoms. The van der Waals surface area contributed by atoms with Crippen LogP contribution in [0.4, 0.5) is 10.9 Å². The van der Waals surface area contributed by atoms with Crippen molar-refractivity contribution in [2.24, 2.45) is 0 Å². The van der Waals surface area contributed by atoms with Crippen molar-refractivity contribution in [1.29, 1.82) is 0 Å². The van der Waals surface area contributed by atoms with Crippen LogP contribution >= 0.6 is 27.3 Å². The minimum absolute atomic E-state index is 0.0348. The molecule has 0 unspecified atom stereocenters. The molecule has 5 nitrogen and oxygen atoms in total. The molecule has 2 aromatic heterocycles. The Kier molecular flexibility index (Phi) is 4.63. The summed E-state index contributed by atoms with van der Waals surface area (Å²) in [6.45, 7) is 6.26. The van der Waals surface area contributed by atoms with Crippen LogP contribution < -0.4 is 10.6 Å². The smallest absolute Gasteiger partial charge is 0.261 e. The summed E-state index contributed by atoms with van der Waals surface area (Å²) in [7, 11) is 1.73. The van der Waals surface area contributed by atoms with Crippen LogP contribution in [-0.2, 0) is 5.41 Å². The van der Waals surface area contributed by atoms with Gasteiger partial charge in [-0.05, 0) is 22.0 Å². The molecular weight excluding hydrogens is 352 g/mol. The number of amides is 1. The van der Waals surface area contributed by atoms with E-state index in [2.05, 4.69) is 57.3 Å². The Hall–Kier alpha value is -1.47. The monoisotopic (exact) mass is 368 g/mol. The predicted molar refractivity (Wildman–Crippen MR) is 90.3 cm³/mol. The summed E-state index contributed by atoms with van der Waals surface area (Å²) in [6, 6.07) is 1.73. The third kappa shape index (κ3) is 3.79. The molecule has 0 radical (unpaired) electrons. The summed E-state index contributed by atoms with van der Waals surface area (Å²) in [4.78, 5) is 21.0. The zero-order valence-electron chi connectivity index (χ0n) is 12.3. The van der Waals surface area contributed by atoms with Crippen molar-refractivity contribution in [3.63, 3.8) is 0 Å². The van der Waals surface area contributed by atoms with Crippen LogP contribution in [0, 0.1) is 0 Å². The van der Waals surface area contributed by atoms with Crippen LogP contribution in [0.3, 0.4) is 0 Å². The first-order valence-electron chi connectivity index (χ1n) is 6.42. The van der Waals surface area contributed by atoms with Gasteiger partial charge in [-0.3, -0.25) is 10.1 Å². The second-order valence-corrected chi connectivity index (χ2v) is 7.32. The van der Waals surface area contributed by atoms with Crippen LogP contribution in [-0.4, -0.2) is 22.9 Å². The second-order valence-electron chi connectivity index (χ2n) is 5.54. The van der Waals surface area contributed by atoms with Gasteiger partial charge < -0.3 is 5.32 Å². The van der Waals surface area contributed by atoms with E-state index < -0.39 is 0 Å². The summed E-state index contributed by atoms with van der Waals surface area (Å²) in [5.74, 6) is 0.297. The number of pyridine rings is 1. The lowest BCUT2D eigenvalue weighted by Crippen LogP contribution is -2.16. The van der Waals surface area contributed by atoms with E-state index in [1.807, 2.05) is 5.38 Å². The van der Waals surface area contributed by atoms with Crippen LogP contribution in [0.15, 0.2) is 22.1 Å². The highest BCUT2D eigenvalue weighted by molar-refractivity contribution is 9.10. The molecule has 112 valence electrons. The van der Waals surface area contributed by atoms with Gasteiger partial charge in [0, 0.05) is 28.5 Å². The summed E-state index contributed by atoms with van der Waals surface area (Å²) >= 11 is 4.75. The lowest BCUT2D eigenvalue weighted by Gasteiger charge is -2.14. The largest absolute Gasteiger partial charge is 0.372 e. The standard InChI is InChI=1S/C14H17BrN4OS/c1-14(2,3)10-7-21-13(18-10)19-12(20)9-5-8(15)6-17-11(9)16-4/h5-7H,1-4H3,(H,16,17)(H,18,19,20). The average Bonchev–Trinajstić information content (AvgIpc) is 2.87. The van der Waals surface area contributed by atoms with Crippen molar-refractivity contribution in [2.75, 3.05) is 17.7 Å². The van der Waals surface area contributed by atoms with Gasteiger partial charge in [0.25, 0.3) is 5.91 Å². The molecule has 21 heavy (non-hydrogen) atoms. The Bertz CT molecular complexity index is 663. The molecule has 0 aliphatic rings. The lowest BCUT2D eigenvalue weighted by atomic mass is 9.93. The molecule has 0 spiro atoms. The Morgan fingerprint density at radius 2 is 2.10 bits per heavy atom. The minimum atomic E-state index is -0.233. The third-order valence-corrected chi connectivity index (χ3v) is 4.02. The summed E-state index contributed by atoms with van der Waals surface area (Å²) in [6.07, 6.45) is 1.64. The molecule has 0 saturated carbocycles. The Balaban J connectivity index is 2.22. The van der Waals surface area contributed by atoms with E-state index in [0.29, 0.717) is 16.5 Å². The molecule has 2 rings (SSSR count). The van der Waals surface area contributed by atoms with E-state index in [1.165, 1.54) is 11.3 Å². The van der Waals surface area contributed by atoms with Gasteiger partial charge in [-0.15, -0.1) is 11.3 Å². The van der Waals surface area contributed by atoms with E-state index in [9.17, 15) is 4.79 Å². The highest BCUT2D eigenvalue weighted by atomic mass is 79.9. The van der Waals surface area contributed by atoms with Gasteiger partial charge in [0.15, 0.2) is 5.13 Å². The summed E-state index contributed by atoms with van der Waals surface area (Å²) in [5, 5.41) is 8.29. The van der Waals surface area contributed by atoms with Crippen molar-refractivity contribution in [2.45, 2.75) is 26.2 Å². The highest BCUT2D eigenvalue weighted by Crippen LogP contribution is 2.27. The van der Waals surface area contributed by atoms with Crippen LogP contribution in [0.1, 0.15) is 36.8 Å². The fraction of sp³-hybridized carbons (Fsp3) is 0.357. The molecule has 0 aromatic carbocycles. The maximum Gasteiger partial charge on any atom is 0.261 e. The van der Waals surface area contributed by atoms with Gasteiger partial charge in [0.1, 0.15) is 5.82 Å². The molecule has 0 fully saturated rings. The number of carbonyl (C=O) groups is 1. The first kappa shape index (κ1) is 15.9. The number of nitrogens with zero attached hydrogens (tertiary/aromatic N) is 2. The second kappa shape index (κ2) is 6.11. The number of carbonyl (C=O) groups excluding carboxylic acids is 1. The van der Waals surface area contributed by atoms with Crippen molar-refractivity contribution in [3.8, 4) is 0 Å². The summed E-state index contributed by atoms with van der Waals surface area (Å²) in [5.41, 5.74) is 1.40. The first-order chi connectivity index (χ1) is 9.81. The zero-order chi connectivity index (χ0) is 15.6. The van der Waals surface area contributed by atoms with E-state index >= 15 is 0 Å². The molecule has 0 aliphatic carbocycles. The number of hydrogen-bond donors (Lipinski definition) is 2. The quantitative estimate of drug-likeness (QED) is 0.861. The fourth-order valence-corrected chi connectivity index (χ4v) is 2.92. The molecule has 2 heterocycles. The molecule has 0 saturated heterocycles. The first-order valence-corrected chi connectivity index (χ1v) is 8.09. The molecule has 1 amide bonds. The molecule has 2 aromatic rings. The summed E-state index contributed by atoms with van der Waals surface area (Å²) < 4.78 is 0.751. The number of halogens is 1. The molecule has 0 atom stereocenters. The average molecular weight is 369 g/mol. The molecule has 0 aliphatic heterocycles. The van der Waals surface area contributed by atoms with E-state index in [0.717, 1.165) is 10.2 Å². The topological polar surface area (TPSA) is 66.9 Å². The number of anilines is 2. The lowest BCUT2D eigenvalue weighted by molar-refractivity contribution is 0.102. The van der Waals surface area contributed by atoms with Crippen molar-refractivity contribution < 1.29 is 4.79 Å². The van der Waals surface area contributed by atoms with E-state index in [-0.39, 0.29) is 11.3 Å². The predicted octanol–water partition coefficient (Wildman–Crippen LogP) is 3.89. The Morgan fingerprint density at radius 1 is 1.38 bits per heavy atom. The number of aromatic nitrogens is 2. The SMILES string of the molecule is CNc1ncc(Br)cc1C(=O)Nc1nc(C(C)(C)C)cs1. The fourth-order valence-electron chi connectivity index (χ4n) is 1.65. The highest BCUT2D eigenvalue weighted by Gasteiger charge is 2.19. The number of hydrogen-bond acceptors (Lipinski definition) is 5. The van der Waals surface area contributed by atoms with Crippen LogP contribution in [0.5, 0.6) is 0 Å². The number of thiazole rings is 1. The number of rotatable bonds is 3. The molecule has 0 bridgehead atoms. The maximum absolute atomic E-state index is 12.4. The van der Waals surface area contributed by atoms with Gasteiger partial charge >= 0.3 is 0 Å². The molecule has 2 N–H and O–H groups in total. The van der Waals surface area contributed by atoms with Crippen molar-refractivity contribution in [1.82, 2.24) is 9.97 Å². The normalized spacial score (nSPS) is 11.3. The van der Waals surface area contributed by atoms with Crippen LogP contribution in [0.25, 0.3) is 0 Å². The molecular formula is C14H17BrN4OS. The van der Waals surface area contributed by atoms with Crippen LogP contribution in [0.2, 0.25) is 0 Å². The minimum Gasteiger partial charge on any atom is -0.372 e. The van der Waals surface area contributed by atoms with Crippen molar-refractivity contribution in [3.05, 3.63) is 33.4 Å². The zero-order valence-corrected chi connectivity index (χ0v) is 14.7. The van der Waals surface area contributed by atoms with Crippen molar-refractivity contribution >= 4 is 44.1 Å². The maximum atomic E-state index is 12.4. The van der Waals surface area contributed by atoms with Gasteiger partial charge in [0.05, 0.1) is 11.3 Å².